The Morgan fingerprint density at radius 3 is 2.50 bits per heavy atom. The van der Waals surface area contributed by atoms with Crippen LogP contribution in [0.1, 0.15) is 19.8 Å². The highest BCUT2D eigenvalue weighted by atomic mass is 32.2. The summed E-state index contributed by atoms with van der Waals surface area (Å²) in [5.41, 5.74) is 0. The SMILES string of the molecule is CC(C(=O)N1CCOCC1)C1CCN(S(=O)(=O)c2cccs2)CC1. The molecule has 0 radical (unpaired) electrons. The molecule has 0 N–H and O–H groups in total. The van der Waals surface area contributed by atoms with E-state index in [-0.39, 0.29) is 17.7 Å². The molecular weight excluding hydrogens is 348 g/mol. The monoisotopic (exact) mass is 372 g/mol. The molecule has 24 heavy (non-hydrogen) atoms. The standard InChI is InChI=1S/C16H24N2O4S2/c1-13(16(19)17-8-10-22-11-9-17)14-4-6-18(7-5-14)24(20,21)15-3-2-12-23-15/h2-3,12-14H,4-11H2,1H3. The summed E-state index contributed by atoms with van der Waals surface area (Å²) in [4.78, 5) is 14.5. The van der Waals surface area contributed by atoms with Crippen molar-refractivity contribution >= 4 is 27.3 Å². The maximum absolute atomic E-state index is 12.6. The van der Waals surface area contributed by atoms with Crippen LogP contribution < -0.4 is 0 Å². The second-order valence-electron chi connectivity index (χ2n) is 6.40. The summed E-state index contributed by atoms with van der Waals surface area (Å²) in [5.74, 6) is 0.364. The van der Waals surface area contributed by atoms with Gasteiger partial charge in [-0.25, -0.2) is 8.42 Å². The lowest BCUT2D eigenvalue weighted by molar-refractivity contribution is -0.141. The highest BCUT2D eigenvalue weighted by Crippen LogP contribution is 2.30. The van der Waals surface area contributed by atoms with Crippen LogP contribution in [0, 0.1) is 11.8 Å². The fraction of sp³-hybridized carbons (Fsp3) is 0.688. The molecule has 0 saturated carbocycles. The minimum atomic E-state index is -3.37. The third-order valence-corrected chi connectivity index (χ3v) is 8.28. The molecule has 3 rings (SSSR count). The summed E-state index contributed by atoms with van der Waals surface area (Å²) in [5, 5.41) is 1.78. The molecule has 0 bridgehead atoms. The van der Waals surface area contributed by atoms with Crippen LogP contribution >= 0.6 is 11.3 Å². The van der Waals surface area contributed by atoms with Crippen LogP contribution in [-0.2, 0) is 19.6 Å². The van der Waals surface area contributed by atoms with Gasteiger partial charge in [0.25, 0.3) is 10.0 Å². The first-order chi connectivity index (χ1) is 11.5. The Morgan fingerprint density at radius 2 is 1.92 bits per heavy atom. The average Bonchev–Trinajstić information content (AvgIpc) is 3.17. The van der Waals surface area contributed by atoms with Crippen LogP contribution in [0.3, 0.4) is 0 Å². The average molecular weight is 373 g/mol. The molecule has 1 unspecified atom stereocenters. The third-order valence-electron chi connectivity index (χ3n) is 5.01. The summed E-state index contributed by atoms with van der Waals surface area (Å²) in [6.45, 7) is 5.50. The molecule has 134 valence electrons. The number of carbonyl (C=O) groups excluding carboxylic acids is 1. The van der Waals surface area contributed by atoms with Crippen LogP contribution in [-0.4, -0.2) is 62.9 Å². The van der Waals surface area contributed by atoms with Gasteiger partial charge in [0.2, 0.25) is 5.91 Å². The Balaban J connectivity index is 1.57. The molecule has 3 heterocycles. The lowest BCUT2D eigenvalue weighted by atomic mass is 9.85. The summed E-state index contributed by atoms with van der Waals surface area (Å²) in [6, 6.07) is 3.41. The second-order valence-corrected chi connectivity index (χ2v) is 9.51. The van der Waals surface area contributed by atoms with Crippen molar-refractivity contribution < 1.29 is 17.9 Å². The van der Waals surface area contributed by atoms with Crippen molar-refractivity contribution in [1.29, 1.82) is 0 Å². The van der Waals surface area contributed by atoms with Gasteiger partial charge in [-0.3, -0.25) is 4.79 Å². The zero-order valence-electron chi connectivity index (χ0n) is 13.9. The minimum Gasteiger partial charge on any atom is -0.378 e. The van der Waals surface area contributed by atoms with Crippen molar-refractivity contribution in [3.8, 4) is 0 Å². The van der Waals surface area contributed by atoms with E-state index in [4.69, 9.17) is 4.74 Å². The van der Waals surface area contributed by atoms with E-state index in [0.29, 0.717) is 43.6 Å². The van der Waals surface area contributed by atoms with E-state index in [1.165, 1.54) is 11.3 Å². The number of rotatable bonds is 4. The number of morpholine rings is 1. The normalized spacial score (nSPS) is 22.5. The number of carbonyl (C=O) groups is 1. The summed E-state index contributed by atoms with van der Waals surface area (Å²) in [6.07, 6.45) is 1.48. The lowest BCUT2D eigenvalue weighted by Gasteiger charge is -2.36. The number of hydrogen-bond acceptors (Lipinski definition) is 5. The van der Waals surface area contributed by atoms with Crippen molar-refractivity contribution in [2.45, 2.75) is 24.0 Å². The molecule has 2 fully saturated rings. The van der Waals surface area contributed by atoms with Gasteiger partial charge < -0.3 is 9.64 Å². The van der Waals surface area contributed by atoms with Crippen molar-refractivity contribution in [2.75, 3.05) is 39.4 Å². The molecule has 1 aromatic heterocycles. The smallest absolute Gasteiger partial charge is 0.252 e. The first-order valence-electron chi connectivity index (χ1n) is 8.40. The predicted molar refractivity (Wildman–Crippen MR) is 92.4 cm³/mol. The van der Waals surface area contributed by atoms with E-state index in [2.05, 4.69) is 0 Å². The number of ether oxygens (including phenoxy) is 1. The Morgan fingerprint density at radius 1 is 1.25 bits per heavy atom. The van der Waals surface area contributed by atoms with Gasteiger partial charge in [-0.2, -0.15) is 4.31 Å². The Labute approximate surface area is 147 Å². The molecule has 0 aliphatic carbocycles. The number of piperidine rings is 1. The Kier molecular flexibility index (Phi) is 5.59. The molecular formula is C16H24N2O4S2. The van der Waals surface area contributed by atoms with Gasteiger partial charge >= 0.3 is 0 Å². The topological polar surface area (TPSA) is 66.9 Å². The van der Waals surface area contributed by atoms with E-state index in [1.54, 1.807) is 21.8 Å². The first-order valence-corrected chi connectivity index (χ1v) is 10.7. The van der Waals surface area contributed by atoms with Crippen molar-refractivity contribution in [2.24, 2.45) is 11.8 Å². The van der Waals surface area contributed by atoms with Gasteiger partial charge in [0, 0.05) is 32.1 Å². The van der Waals surface area contributed by atoms with Gasteiger partial charge in [-0.1, -0.05) is 13.0 Å². The molecule has 1 atom stereocenters. The van der Waals surface area contributed by atoms with Crippen LogP contribution in [0.15, 0.2) is 21.7 Å². The number of hydrogen-bond donors (Lipinski definition) is 0. The van der Waals surface area contributed by atoms with E-state index < -0.39 is 10.0 Å². The molecule has 8 heteroatoms. The summed E-state index contributed by atoms with van der Waals surface area (Å²) < 4.78 is 32.4. The highest BCUT2D eigenvalue weighted by Gasteiger charge is 2.35. The van der Waals surface area contributed by atoms with Crippen molar-refractivity contribution in [3.63, 3.8) is 0 Å². The van der Waals surface area contributed by atoms with Crippen LogP contribution in [0.2, 0.25) is 0 Å². The summed E-state index contributed by atoms with van der Waals surface area (Å²) >= 11 is 1.25. The molecule has 1 aromatic rings. The molecule has 0 aromatic carbocycles. The largest absolute Gasteiger partial charge is 0.378 e. The van der Waals surface area contributed by atoms with Crippen molar-refractivity contribution in [3.05, 3.63) is 17.5 Å². The molecule has 2 aliphatic heterocycles. The molecule has 2 aliphatic rings. The van der Waals surface area contributed by atoms with E-state index in [1.807, 2.05) is 11.8 Å². The fourth-order valence-corrected chi connectivity index (χ4v) is 6.04. The van der Waals surface area contributed by atoms with Crippen LogP contribution in [0.25, 0.3) is 0 Å². The van der Waals surface area contributed by atoms with Gasteiger partial charge in [0.15, 0.2) is 0 Å². The predicted octanol–water partition coefficient (Wildman–Crippen LogP) is 1.64. The second kappa shape index (κ2) is 7.51. The molecule has 0 spiro atoms. The van der Waals surface area contributed by atoms with E-state index in [9.17, 15) is 13.2 Å². The summed E-state index contributed by atoms with van der Waals surface area (Å²) in [7, 11) is -3.37. The maximum Gasteiger partial charge on any atom is 0.252 e. The third kappa shape index (κ3) is 3.66. The molecule has 6 nitrogen and oxygen atoms in total. The van der Waals surface area contributed by atoms with Crippen LogP contribution in [0.4, 0.5) is 0 Å². The maximum atomic E-state index is 12.6. The first kappa shape index (κ1) is 17.8. The Hall–Kier alpha value is -0.960. The highest BCUT2D eigenvalue weighted by molar-refractivity contribution is 7.91. The lowest BCUT2D eigenvalue weighted by Crippen LogP contribution is -2.47. The molecule has 1 amide bonds. The van der Waals surface area contributed by atoms with E-state index >= 15 is 0 Å². The van der Waals surface area contributed by atoms with Gasteiger partial charge in [0.1, 0.15) is 4.21 Å². The van der Waals surface area contributed by atoms with Crippen molar-refractivity contribution in [1.82, 2.24) is 9.21 Å². The quantitative estimate of drug-likeness (QED) is 0.806. The zero-order chi connectivity index (χ0) is 17.2. The molecule has 2 saturated heterocycles. The number of nitrogens with zero attached hydrogens (tertiary/aromatic N) is 2. The minimum absolute atomic E-state index is 0.0605. The number of sulfonamides is 1. The number of thiophene rings is 1. The van der Waals surface area contributed by atoms with Gasteiger partial charge in [-0.15, -0.1) is 11.3 Å². The zero-order valence-corrected chi connectivity index (χ0v) is 15.5. The Bertz CT molecular complexity index is 646. The number of amides is 1. The van der Waals surface area contributed by atoms with Crippen LogP contribution in [0.5, 0.6) is 0 Å². The van der Waals surface area contributed by atoms with Gasteiger partial charge in [0.05, 0.1) is 13.2 Å². The van der Waals surface area contributed by atoms with Gasteiger partial charge in [-0.05, 0) is 30.2 Å². The van der Waals surface area contributed by atoms with E-state index in [0.717, 1.165) is 12.8 Å². The fourth-order valence-electron chi connectivity index (χ4n) is 3.43.